The number of aryl methyl sites for hydroxylation is 2. The van der Waals surface area contributed by atoms with Crippen LogP contribution in [0.4, 0.5) is 16.2 Å². The Morgan fingerprint density at radius 1 is 1.21 bits per heavy atom. The van der Waals surface area contributed by atoms with Gasteiger partial charge < -0.3 is 10.1 Å². The quantitative estimate of drug-likeness (QED) is 0.721. The number of rotatable bonds is 5. The van der Waals surface area contributed by atoms with Gasteiger partial charge in [-0.3, -0.25) is 19.1 Å². The van der Waals surface area contributed by atoms with E-state index in [0.29, 0.717) is 35.4 Å². The first-order chi connectivity index (χ1) is 14.0. The molecule has 0 radical (unpaired) electrons. The molecule has 148 valence electrons. The van der Waals surface area contributed by atoms with Crippen LogP contribution in [0.1, 0.15) is 12.0 Å². The number of benzene rings is 2. The lowest BCUT2D eigenvalue weighted by Crippen LogP contribution is -2.24. The lowest BCUT2D eigenvalue weighted by molar-refractivity contribution is -0.116. The van der Waals surface area contributed by atoms with Crippen LogP contribution in [-0.2, 0) is 16.1 Å². The van der Waals surface area contributed by atoms with Gasteiger partial charge in [0.05, 0.1) is 23.8 Å². The summed E-state index contributed by atoms with van der Waals surface area (Å²) in [6.45, 7) is 2.96. The Morgan fingerprint density at radius 2 is 2.03 bits per heavy atom. The van der Waals surface area contributed by atoms with Crippen LogP contribution in [0.5, 0.6) is 0 Å². The lowest BCUT2D eigenvalue weighted by atomic mass is 10.1. The third-order valence-electron chi connectivity index (χ3n) is 4.84. The van der Waals surface area contributed by atoms with Gasteiger partial charge in [0.15, 0.2) is 0 Å². The number of fused-ring (bicyclic) bond motifs is 1. The molecule has 2 heterocycles. The van der Waals surface area contributed by atoms with Crippen molar-refractivity contribution in [1.29, 1.82) is 0 Å². The van der Waals surface area contributed by atoms with Crippen molar-refractivity contribution in [3.05, 3.63) is 64.7 Å². The number of nitrogens with zero attached hydrogens (tertiary/aromatic N) is 3. The van der Waals surface area contributed by atoms with E-state index in [2.05, 4.69) is 10.3 Å². The predicted octanol–water partition coefficient (Wildman–Crippen LogP) is 2.69. The van der Waals surface area contributed by atoms with Crippen molar-refractivity contribution in [3.63, 3.8) is 0 Å². The molecule has 29 heavy (non-hydrogen) atoms. The third kappa shape index (κ3) is 3.82. The maximum atomic E-state index is 12.6. The molecule has 1 saturated heterocycles. The SMILES string of the molecule is Cc1cccc2c(=O)n(CCC(=O)Nc3cccc(N4CCOC4=O)c3)cnc12. The topological polar surface area (TPSA) is 93.5 Å². The minimum Gasteiger partial charge on any atom is -0.447 e. The standard InChI is InChI=1S/C21H20N4O4/c1-14-4-2-7-17-19(14)22-13-24(20(17)27)9-8-18(26)23-15-5-3-6-16(12-15)25-10-11-29-21(25)28/h2-7,12-13H,8-11H2,1H3,(H,23,26). The number of hydrogen-bond donors (Lipinski definition) is 1. The van der Waals surface area contributed by atoms with Crippen molar-refractivity contribution in [2.45, 2.75) is 19.9 Å². The number of cyclic esters (lactones) is 1. The molecule has 8 heteroatoms. The van der Waals surface area contributed by atoms with E-state index in [1.165, 1.54) is 15.8 Å². The number of carbonyl (C=O) groups excluding carboxylic acids is 2. The first-order valence-corrected chi connectivity index (χ1v) is 9.32. The van der Waals surface area contributed by atoms with E-state index in [1.54, 1.807) is 30.3 Å². The van der Waals surface area contributed by atoms with Crippen molar-refractivity contribution in [3.8, 4) is 0 Å². The number of amides is 2. The van der Waals surface area contributed by atoms with Crippen molar-refractivity contribution < 1.29 is 14.3 Å². The van der Waals surface area contributed by atoms with E-state index in [1.807, 2.05) is 19.1 Å². The Morgan fingerprint density at radius 3 is 2.83 bits per heavy atom. The van der Waals surface area contributed by atoms with E-state index < -0.39 is 6.09 Å². The van der Waals surface area contributed by atoms with Gasteiger partial charge in [0.2, 0.25) is 5.91 Å². The molecule has 2 amide bonds. The molecule has 4 rings (SSSR count). The average molecular weight is 392 g/mol. The molecule has 0 spiro atoms. The van der Waals surface area contributed by atoms with Crippen molar-refractivity contribution in [2.75, 3.05) is 23.4 Å². The van der Waals surface area contributed by atoms with Crippen LogP contribution in [0, 0.1) is 6.92 Å². The Bertz CT molecular complexity index is 1150. The summed E-state index contributed by atoms with van der Waals surface area (Å²) in [6, 6.07) is 12.5. The summed E-state index contributed by atoms with van der Waals surface area (Å²) in [7, 11) is 0. The first kappa shape index (κ1) is 18.7. The van der Waals surface area contributed by atoms with Crippen LogP contribution in [0.15, 0.2) is 53.6 Å². The molecule has 0 unspecified atom stereocenters. The number of para-hydroxylation sites is 1. The van der Waals surface area contributed by atoms with Gasteiger partial charge in [-0.05, 0) is 36.8 Å². The molecule has 0 aliphatic carbocycles. The molecule has 8 nitrogen and oxygen atoms in total. The Labute approximate surface area is 166 Å². The highest BCUT2D eigenvalue weighted by molar-refractivity contribution is 5.93. The van der Waals surface area contributed by atoms with E-state index in [4.69, 9.17) is 4.74 Å². The van der Waals surface area contributed by atoms with Gasteiger partial charge in [0.1, 0.15) is 6.61 Å². The zero-order valence-corrected chi connectivity index (χ0v) is 15.9. The molecule has 3 aromatic rings. The van der Waals surface area contributed by atoms with Crippen LogP contribution >= 0.6 is 0 Å². The Hall–Kier alpha value is -3.68. The molecule has 1 aromatic heterocycles. The van der Waals surface area contributed by atoms with E-state index in [0.717, 1.165) is 5.56 Å². The maximum Gasteiger partial charge on any atom is 0.414 e. The summed E-state index contributed by atoms with van der Waals surface area (Å²) in [5, 5.41) is 3.34. The highest BCUT2D eigenvalue weighted by atomic mass is 16.6. The summed E-state index contributed by atoms with van der Waals surface area (Å²) in [5.41, 5.74) is 2.69. The van der Waals surface area contributed by atoms with Crippen LogP contribution in [0.3, 0.4) is 0 Å². The number of ether oxygens (including phenoxy) is 1. The van der Waals surface area contributed by atoms with Gasteiger partial charge >= 0.3 is 6.09 Å². The zero-order chi connectivity index (χ0) is 20.4. The van der Waals surface area contributed by atoms with Crippen molar-refractivity contribution in [2.24, 2.45) is 0 Å². The normalized spacial score (nSPS) is 13.6. The van der Waals surface area contributed by atoms with E-state index >= 15 is 0 Å². The average Bonchev–Trinajstić information content (AvgIpc) is 3.14. The predicted molar refractivity (Wildman–Crippen MR) is 109 cm³/mol. The zero-order valence-electron chi connectivity index (χ0n) is 15.9. The summed E-state index contributed by atoms with van der Waals surface area (Å²) in [6.07, 6.45) is 1.20. The van der Waals surface area contributed by atoms with Crippen LogP contribution < -0.4 is 15.8 Å². The molecular weight excluding hydrogens is 372 g/mol. The first-order valence-electron chi connectivity index (χ1n) is 9.32. The molecule has 1 aliphatic rings. The summed E-state index contributed by atoms with van der Waals surface area (Å²) >= 11 is 0. The van der Waals surface area contributed by atoms with Gasteiger partial charge in [-0.1, -0.05) is 18.2 Å². The molecule has 0 saturated carbocycles. The fraction of sp³-hybridized carbons (Fsp3) is 0.238. The van der Waals surface area contributed by atoms with Crippen LogP contribution in [0.2, 0.25) is 0 Å². The second-order valence-corrected chi connectivity index (χ2v) is 6.83. The molecule has 2 aromatic carbocycles. The highest BCUT2D eigenvalue weighted by Gasteiger charge is 2.23. The van der Waals surface area contributed by atoms with Gasteiger partial charge in [0.25, 0.3) is 5.56 Å². The largest absolute Gasteiger partial charge is 0.447 e. The van der Waals surface area contributed by atoms with Crippen molar-refractivity contribution >= 4 is 34.3 Å². The van der Waals surface area contributed by atoms with Gasteiger partial charge in [0, 0.05) is 24.3 Å². The van der Waals surface area contributed by atoms with E-state index in [9.17, 15) is 14.4 Å². The number of anilines is 2. The smallest absolute Gasteiger partial charge is 0.414 e. The van der Waals surface area contributed by atoms with Gasteiger partial charge in [-0.15, -0.1) is 0 Å². The Kier molecular flexibility index (Phi) is 4.99. The summed E-state index contributed by atoms with van der Waals surface area (Å²) < 4.78 is 6.38. The molecule has 1 N–H and O–H groups in total. The molecule has 0 atom stereocenters. The summed E-state index contributed by atoms with van der Waals surface area (Å²) in [4.78, 5) is 42.5. The van der Waals surface area contributed by atoms with Crippen molar-refractivity contribution in [1.82, 2.24) is 9.55 Å². The fourth-order valence-corrected chi connectivity index (χ4v) is 3.32. The number of aromatic nitrogens is 2. The maximum absolute atomic E-state index is 12.6. The third-order valence-corrected chi connectivity index (χ3v) is 4.84. The second-order valence-electron chi connectivity index (χ2n) is 6.83. The van der Waals surface area contributed by atoms with E-state index in [-0.39, 0.29) is 24.4 Å². The number of hydrogen-bond acceptors (Lipinski definition) is 5. The monoisotopic (exact) mass is 392 g/mol. The minimum atomic E-state index is -0.396. The van der Waals surface area contributed by atoms with Crippen LogP contribution in [0.25, 0.3) is 10.9 Å². The molecule has 0 bridgehead atoms. The highest BCUT2D eigenvalue weighted by Crippen LogP contribution is 2.22. The number of nitrogens with one attached hydrogen (secondary N) is 1. The Balaban J connectivity index is 1.43. The minimum absolute atomic E-state index is 0.120. The van der Waals surface area contributed by atoms with Crippen LogP contribution in [-0.4, -0.2) is 34.7 Å². The van der Waals surface area contributed by atoms with Gasteiger partial charge in [-0.25, -0.2) is 9.78 Å². The molecule has 1 aliphatic heterocycles. The summed E-state index contributed by atoms with van der Waals surface area (Å²) in [5.74, 6) is -0.234. The second kappa shape index (κ2) is 7.75. The molecular formula is C21H20N4O4. The molecule has 1 fully saturated rings. The van der Waals surface area contributed by atoms with Gasteiger partial charge in [-0.2, -0.15) is 0 Å². The number of carbonyl (C=O) groups is 2. The fourth-order valence-electron chi connectivity index (χ4n) is 3.32. The lowest BCUT2D eigenvalue weighted by Gasteiger charge is -2.14.